The lowest BCUT2D eigenvalue weighted by Gasteiger charge is -2.30. The molecule has 1 saturated heterocycles. The van der Waals surface area contributed by atoms with Crippen molar-refractivity contribution in [1.29, 1.82) is 0 Å². The van der Waals surface area contributed by atoms with E-state index in [2.05, 4.69) is 36.0 Å². The van der Waals surface area contributed by atoms with E-state index in [4.69, 9.17) is 15.2 Å². The molecule has 12 nitrogen and oxygen atoms in total. The second-order valence-electron chi connectivity index (χ2n) is 16.0. The first-order chi connectivity index (χ1) is 27.4. The molecule has 1 aliphatic heterocycles. The molecule has 2 aromatic carbocycles. The van der Waals surface area contributed by atoms with Crippen LogP contribution in [0.15, 0.2) is 71.7 Å². The minimum Gasteiger partial charge on any atom is -0.481 e. The van der Waals surface area contributed by atoms with E-state index in [1.165, 1.54) is 46.9 Å². The summed E-state index contributed by atoms with van der Waals surface area (Å²) in [5.41, 5.74) is 5.63. The van der Waals surface area contributed by atoms with Gasteiger partial charge in [0.2, 0.25) is 5.91 Å². The van der Waals surface area contributed by atoms with Crippen LogP contribution in [0.25, 0.3) is 43.7 Å². The number of piperidine rings is 1. The van der Waals surface area contributed by atoms with Gasteiger partial charge in [-0.15, -0.1) is 22.7 Å². The Balaban J connectivity index is 0.000000203. The van der Waals surface area contributed by atoms with Gasteiger partial charge < -0.3 is 15.1 Å². The van der Waals surface area contributed by atoms with Crippen LogP contribution in [-0.4, -0.2) is 75.6 Å². The summed E-state index contributed by atoms with van der Waals surface area (Å²) in [5, 5.41) is 32.2. The Morgan fingerprint density at radius 1 is 0.690 bits per heavy atom. The van der Waals surface area contributed by atoms with Gasteiger partial charge in [-0.25, -0.2) is 18.7 Å². The molecule has 58 heavy (non-hydrogen) atoms. The van der Waals surface area contributed by atoms with Gasteiger partial charge >= 0.3 is 11.9 Å². The van der Waals surface area contributed by atoms with Gasteiger partial charge in [0.15, 0.2) is 0 Å². The normalized spacial score (nSPS) is 13.6. The Morgan fingerprint density at radius 3 is 1.48 bits per heavy atom. The first-order valence-corrected chi connectivity index (χ1v) is 20.5. The van der Waals surface area contributed by atoms with Crippen LogP contribution in [0.1, 0.15) is 65.8 Å². The summed E-state index contributed by atoms with van der Waals surface area (Å²) in [7, 11) is 0. The van der Waals surface area contributed by atoms with Crippen molar-refractivity contribution in [3.63, 3.8) is 0 Å². The Labute approximate surface area is 342 Å². The third kappa shape index (κ3) is 9.73. The summed E-state index contributed by atoms with van der Waals surface area (Å²) in [6.45, 7) is 13.2. The monoisotopic (exact) mass is 829 g/mol. The highest BCUT2D eigenvalue weighted by atomic mass is 32.1. The molecule has 0 atom stereocenters. The molecule has 6 aromatic rings. The molecule has 5 heterocycles. The minimum absolute atomic E-state index is 0.0418. The van der Waals surface area contributed by atoms with E-state index in [9.17, 15) is 23.2 Å². The number of likely N-dealkylation sites (tertiary alicyclic amines) is 1. The van der Waals surface area contributed by atoms with E-state index in [0.717, 1.165) is 38.6 Å². The first kappa shape index (κ1) is 42.0. The van der Waals surface area contributed by atoms with Gasteiger partial charge in [0.1, 0.15) is 21.6 Å². The van der Waals surface area contributed by atoms with Crippen molar-refractivity contribution in [2.75, 3.05) is 13.1 Å². The summed E-state index contributed by atoms with van der Waals surface area (Å²) in [6, 6.07) is 12.6. The first-order valence-electron chi connectivity index (χ1n) is 18.7. The van der Waals surface area contributed by atoms with E-state index >= 15 is 0 Å². The Morgan fingerprint density at radius 2 is 1.10 bits per heavy atom. The van der Waals surface area contributed by atoms with Crippen molar-refractivity contribution in [2.24, 2.45) is 5.92 Å². The number of benzene rings is 2. The second-order valence-corrected chi connectivity index (χ2v) is 17.7. The highest BCUT2D eigenvalue weighted by Gasteiger charge is 2.29. The zero-order valence-corrected chi connectivity index (χ0v) is 34.7. The molecule has 0 unspecified atom stereocenters. The van der Waals surface area contributed by atoms with Gasteiger partial charge in [-0.1, -0.05) is 0 Å². The van der Waals surface area contributed by atoms with Gasteiger partial charge in [0.05, 0.1) is 76.1 Å². The molecule has 1 fully saturated rings. The zero-order valence-electron chi connectivity index (χ0n) is 33.1. The van der Waals surface area contributed by atoms with Crippen molar-refractivity contribution in [2.45, 2.75) is 78.3 Å². The van der Waals surface area contributed by atoms with Crippen LogP contribution in [0.2, 0.25) is 0 Å². The van der Waals surface area contributed by atoms with E-state index in [-0.39, 0.29) is 47.4 Å². The average molecular weight is 830 g/mol. The van der Waals surface area contributed by atoms with Gasteiger partial charge in [0, 0.05) is 35.0 Å². The molecule has 0 saturated carbocycles. The summed E-state index contributed by atoms with van der Waals surface area (Å²) >= 11 is 2.82. The largest absolute Gasteiger partial charge is 0.481 e. The van der Waals surface area contributed by atoms with Crippen LogP contribution in [0.4, 0.5) is 8.78 Å². The third-order valence-corrected chi connectivity index (χ3v) is 11.3. The molecular formula is C42H45F2N7O5S2. The number of aromatic nitrogens is 6. The number of carboxylic acid groups (broad SMARTS) is 2. The van der Waals surface area contributed by atoms with Crippen molar-refractivity contribution in [3.8, 4) is 43.7 Å². The number of hydrogen-bond acceptors (Lipinski definition) is 9. The minimum atomic E-state index is -0.916. The van der Waals surface area contributed by atoms with Crippen LogP contribution in [0, 0.1) is 17.6 Å². The Hall–Kier alpha value is -5.61. The maximum Gasteiger partial charge on any atom is 0.309 e. The van der Waals surface area contributed by atoms with Crippen molar-refractivity contribution >= 4 is 40.5 Å². The molecule has 2 N–H and O–H groups in total. The van der Waals surface area contributed by atoms with Crippen LogP contribution in [-0.2, 0) is 38.3 Å². The van der Waals surface area contributed by atoms with Gasteiger partial charge in [-0.05, 0) is 103 Å². The molecule has 0 bridgehead atoms. The molecule has 7 rings (SSSR count). The number of aliphatic carboxylic acids is 2. The number of thiazole rings is 2. The topological polar surface area (TPSA) is 156 Å². The van der Waals surface area contributed by atoms with E-state index < -0.39 is 11.9 Å². The lowest BCUT2D eigenvalue weighted by atomic mass is 9.97. The number of halogens is 2. The lowest BCUT2D eigenvalue weighted by Crippen LogP contribution is -2.41. The molecule has 0 aliphatic carbocycles. The van der Waals surface area contributed by atoms with E-state index in [0.29, 0.717) is 42.3 Å². The van der Waals surface area contributed by atoms with Crippen molar-refractivity contribution in [3.05, 3.63) is 94.7 Å². The molecule has 1 amide bonds. The van der Waals surface area contributed by atoms with Crippen molar-refractivity contribution in [1.82, 2.24) is 34.4 Å². The molecule has 304 valence electrons. The maximum absolute atomic E-state index is 13.5. The van der Waals surface area contributed by atoms with Gasteiger partial charge in [-0.2, -0.15) is 10.2 Å². The van der Waals surface area contributed by atoms with Crippen LogP contribution >= 0.6 is 22.7 Å². The molecule has 1 aliphatic rings. The van der Waals surface area contributed by atoms with Crippen LogP contribution in [0.5, 0.6) is 0 Å². The van der Waals surface area contributed by atoms with E-state index in [1.807, 2.05) is 35.5 Å². The van der Waals surface area contributed by atoms with Crippen LogP contribution in [0.3, 0.4) is 0 Å². The predicted octanol–water partition coefficient (Wildman–Crippen LogP) is 8.63. The average Bonchev–Trinajstić information content (AvgIpc) is 3.98. The SMILES string of the molecule is CC(C)(C)n1ncc(-c2nc(CC(=O)N3CCC(C(=O)O)CC3)cs2)c1-c1ccc(F)cc1.CC(C)(C)n1ncc(-c2nc(CC(=O)O)cs2)c1-c1ccc(F)cc1. The second kappa shape index (κ2) is 17.1. The molecule has 0 spiro atoms. The quantitative estimate of drug-likeness (QED) is 0.146. The third-order valence-electron chi connectivity index (χ3n) is 9.47. The van der Waals surface area contributed by atoms with E-state index in [1.54, 1.807) is 46.9 Å². The van der Waals surface area contributed by atoms with Crippen molar-refractivity contribution < 1.29 is 33.4 Å². The number of carboxylic acids is 2. The smallest absolute Gasteiger partial charge is 0.309 e. The zero-order chi connectivity index (χ0) is 41.9. The Kier molecular flexibility index (Phi) is 12.4. The summed E-state index contributed by atoms with van der Waals surface area (Å²) < 4.78 is 30.6. The van der Waals surface area contributed by atoms with Gasteiger partial charge in [-0.3, -0.25) is 23.7 Å². The number of rotatable bonds is 9. The fourth-order valence-electron chi connectivity index (χ4n) is 6.62. The maximum atomic E-state index is 13.5. The fraction of sp³-hybridized carbons (Fsp3) is 0.357. The number of amides is 1. The number of carbonyl (C=O) groups is 3. The molecule has 4 aromatic heterocycles. The number of carbonyl (C=O) groups excluding carboxylic acids is 1. The predicted molar refractivity (Wildman–Crippen MR) is 219 cm³/mol. The van der Waals surface area contributed by atoms with Crippen LogP contribution < -0.4 is 0 Å². The summed E-state index contributed by atoms with van der Waals surface area (Å²) in [5.74, 6) is -2.72. The summed E-state index contributed by atoms with van der Waals surface area (Å²) in [4.78, 5) is 45.6. The molecular weight excluding hydrogens is 785 g/mol. The molecule has 16 heteroatoms. The standard InChI is InChI=1S/C24H27FN4O3S.C18H18FN3O2S/c1-24(2,3)29-21(15-4-6-17(25)7-5-15)19(13-26-29)22-27-18(14-33-22)12-20(30)28-10-8-16(9-11-28)23(31)32;1-18(2,3)22-16(11-4-6-12(19)7-5-11)14(9-20-22)17-21-13(10-25-17)8-15(23)24/h4-7,13-14,16H,8-12H2,1-3H3,(H,31,32);4-7,9-10H,8H2,1-3H3,(H,23,24). The lowest BCUT2D eigenvalue weighted by molar-refractivity contribution is -0.145. The molecule has 0 radical (unpaired) electrons. The summed E-state index contributed by atoms with van der Waals surface area (Å²) in [6.07, 6.45) is 4.52. The highest BCUT2D eigenvalue weighted by Crippen LogP contribution is 2.38. The Bertz CT molecular complexity index is 2400. The fourth-order valence-corrected chi connectivity index (χ4v) is 8.28. The van der Waals surface area contributed by atoms with Gasteiger partial charge in [0.25, 0.3) is 0 Å². The number of hydrogen-bond donors (Lipinski definition) is 2. The number of nitrogens with zero attached hydrogens (tertiary/aromatic N) is 7. The highest BCUT2D eigenvalue weighted by molar-refractivity contribution is 7.13.